The van der Waals surface area contributed by atoms with E-state index >= 15 is 0 Å². The van der Waals surface area contributed by atoms with Crippen LogP contribution in [0.2, 0.25) is 0 Å². The van der Waals surface area contributed by atoms with E-state index in [1.807, 2.05) is 18.9 Å². The van der Waals surface area contributed by atoms with Gasteiger partial charge in [-0.3, -0.25) is 4.79 Å². The van der Waals surface area contributed by atoms with E-state index in [9.17, 15) is 4.79 Å². The first-order valence-corrected chi connectivity index (χ1v) is 8.55. The molecular weight excluding hydrogens is 292 g/mol. The normalized spacial score (nSPS) is 25.8. The Morgan fingerprint density at radius 1 is 1.35 bits per heavy atom. The van der Waals surface area contributed by atoms with E-state index in [1.54, 1.807) is 0 Å². The van der Waals surface area contributed by atoms with E-state index in [2.05, 4.69) is 9.97 Å². The van der Waals surface area contributed by atoms with Gasteiger partial charge in [-0.1, -0.05) is 19.3 Å². The largest absolute Gasteiger partial charge is 0.382 e. The number of rotatable bonds is 4. The Hall–Kier alpha value is -1.69. The fourth-order valence-electron chi connectivity index (χ4n) is 4.39. The summed E-state index contributed by atoms with van der Waals surface area (Å²) in [5, 5.41) is 0. The van der Waals surface area contributed by atoms with E-state index in [4.69, 9.17) is 10.5 Å². The highest BCUT2D eigenvalue weighted by atomic mass is 16.5. The lowest BCUT2D eigenvalue weighted by atomic mass is 9.54. The molecule has 1 aromatic heterocycles. The van der Waals surface area contributed by atoms with Crippen molar-refractivity contribution < 1.29 is 9.53 Å². The molecular formula is C17H26N4O2. The Morgan fingerprint density at radius 3 is 2.70 bits per heavy atom. The van der Waals surface area contributed by atoms with Gasteiger partial charge >= 0.3 is 0 Å². The summed E-state index contributed by atoms with van der Waals surface area (Å²) >= 11 is 0. The second-order valence-electron chi connectivity index (χ2n) is 6.70. The summed E-state index contributed by atoms with van der Waals surface area (Å²) in [6.07, 6.45) is 10.2. The first-order chi connectivity index (χ1) is 11.1. The minimum Gasteiger partial charge on any atom is -0.382 e. The molecule has 6 heteroatoms. The third-order valence-electron chi connectivity index (χ3n) is 5.61. The smallest absolute Gasteiger partial charge is 0.276 e. The molecule has 6 nitrogen and oxygen atoms in total. The van der Waals surface area contributed by atoms with Crippen molar-refractivity contribution in [2.24, 2.45) is 5.41 Å². The van der Waals surface area contributed by atoms with Crippen LogP contribution in [0.1, 0.15) is 55.9 Å². The van der Waals surface area contributed by atoms with Crippen molar-refractivity contribution in [2.45, 2.75) is 57.6 Å². The molecule has 0 unspecified atom stereocenters. The zero-order valence-electron chi connectivity index (χ0n) is 14.0. The lowest BCUT2D eigenvalue weighted by molar-refractivity contribution is -0.170. The van der Waals surface area contributed by atoms with Crippen LogP contribution in [0.15, 0.2) is 12.4 Å². The van der Waals surface area contributed by atoms with Gasteiger partial charge in [-0.25, -0.2) is 9.97 Å². The zero-order chi connectivity index (χ0) is 16.4. The number of aromatic nitrogens is 2. The Labute approximate surface area is 137 Å². The predicted molar refractivity (Wildman–Crippen MR) is 87.9 cm³/mol. The fraction of sp³-hybridized carbons (Fsp3) is 0.706. The monoisotopic (exact) mass is 318 g/mol. The van der Waals surface area contributed by atoms with Gasteiger partial charge in [0.15, 0.2) is 11.5 Å². The summed E-state index contributed by atoms with van der Waals surface area (Å²) in [6.45, 7) is 2.77. The van der Waals surface area contributed by atoms with Gasteiger partial charge in [-0.2, -0.15) is 0 Å². The van der Waals surface area contributed by atoms with Gasteiger partial charge in [-0.05, 0) is 26.2 Å². The topological polar surface area (TPSA) is 81.3 Å². The van der Waals surface area contributed by atoms with E-state index in [0.717, 1.165) is 25.9 Å². The molecule has 2 aliphatic carbocycles. The molecule has 0 aliphatic heterocycles. The average molecular weight is 318 g/mol. The van der Waals surface area contributed by atoms with E-state index < -0.39 is 0 Å². The summed E-state index contributed by atoms with van der Waals surface area (Å²) in [5.41, 5.74) is 6.18. The van der Waals surface area contributed by atoms with Crippen molar-refractivity contribution in [3.8, 4) is 0 Å². The fourth-order valence-corrected chi connectivity index (χ4v) is 4.39. The van der Waals surface area contributed by atoms with E-state index in [-0.39, 0.29) is 35.0 Å². The van der Waals surface area contributed by atoms with Crippen LogP contribution < -0.4 is 5.73 Å². The lowest BCUT2D eigenvalue weighted by Crippen LogP contribution is -2.65. The van der Waals surface area contributed by atoms with Crippen molar-refractivity contribution in [1.29, 1.82) is 0 Å². The SMILES string of the molecule is CCO[C@@H]1C[C@H](N(C)C(=O)c2nccnc2N)C12CCCCC2. The quantitative estimate of drug-likeness (QED) is 0.921. The van der Waals surface area contributed by atoms with Crippen molar-refractivity contribution in [3.05, 3.63) is 18.1 Å². The number of nitrogens with zero attached hydrogens (tertiary/aromatic N) is 3. The van der Waals surface area contributed by atoms with Gasteiger partial charge in [0.2, 0.25) is 0 Å². The van der Waals surface area contributed by atoms with Crippen molar-refractivity contribution in [1.82, 2.24) is 14.9 Å². The number of amides is 1. The highest BCUT2D eigenvalue weighted by Crippen LogP contribution is 2.55. The van der Waals surface area contributed by atoms with Gasteiger partial charge in [-0.15, -0.1) is 0 Å². The van der Waals surface area contributed by atoms with Crippen LogP contribution in [0.3, 0.4) is 0 Å². The number of ether oxygens (including phenoxy) is 1. The van der Waals surface area contributed by atoms with Crippen molar-refractivity contribution in [2.75, 3.05) is 19.4 Å². The van der Waals surface area contributed by atoms with Gasteiger partial charge in [0.25, 0.3) is 5.91 Å². The number of nitrogens with two attached hydrogens (primary N) is 1. The Kier molecular flexibility index (Phi) is 4.53. The highest BCUT2D eigenvalue weighted by Gasteiger charge is 2.58. The molecule has 2 saturated carbocycles. The summed E-state index contributed by atoms with van der Waals surface area (Å²) < 4.78 is 5.97. The van der Waals surface area contributed by atoms with Crippen LogP contribution in [0.5, 0.6) is 0 Å². The molecule has 2 atom stereocenters. The van der Waals surface area contributed by atoms with Crippen molar-refractivity contribution >= 4 is 11.7 Å². The second-order valence-corrected chi connectivity index (χ2v) is 6.70. The maximum Gasteiger partial charge on any atom is 0.276 e. The van der Waals surface area contributed by atoms with Crippen molar-refractivity contribution in [3.63, 3.8) is 0 Å². The Morgan fingerprint density at radius 2 is 2.04 bits per heavy atom. The molecule has 2 aliphatic rings. The minimum absolute atomic E-state index is 0.107. The molecule has 1 aromatic rings. The molecule has 0 radical (unpaired) electrons. The van der Waals surface area contributed by atoms with E-state index in [1.165, 1.54) is 31.7 Å². The third-order valence-corrected chi connectivity index (χ3v) is 5.61. The first-order valence-electron chi connectivity index (χ1n) is 8.55. The summed E-state index contributed by atoms with van der Waals surface area (Å²) in [4.78, 5) is 22.7. The Bertz CT molecular complexity index is 571. The maximum atomic E-state index is 12.8. The van der Waals surface area contributed by atoms with Crippen LogP contribution in [-0.2, 0) is 4.74 Å². The first kappa shape index (κ1) is 16.2. The molecule has 2 N–H and O–H groups in total. The van der Waals surface area contributed by atoms with Crippen LogP contribution in [-0.4, -0.2) is 46.6 Å². The molecule has 0 saturated heterocycles. The van der Waals surface area contributed by atoms with Gasteiger partial charge in [0.05, 0.1) is 6.10 Å². The Balaban J connectivity index is 1.80. The number of anilines is 1. The summed E-state index contributed by atoms with van der Waals surface area (Å²) in [5.74, 6) is 0.0585. The molecule has 0 bridgehead atoms. The molecule has 126 valence electrons. The van der Waals surface area contributed by atoms with Crippen LogP contribution >= 0.6 is 0 Å². The maximum absolute atomic E-state index is 12.8. The average Bonchev–Trinajstić information content (AvgIpc) is 2.58. The van der Waals surface area contributed by atoms with Gasteiger partial charge in [0, 0.05) is 37.5 Å². The summed E-state index contributed by atoms with van der Waals surface area (Å²) in [7, 11) is 1.86. The molecule has 0 aromatic carbocycles. The van der Waals surface area contributed by atoms with Crippen LogP contribution in [0.4, 0.5) is 5.82 Å². The number of carbonyl (C=O) groups is 1. The highest BCUT2D eigenvalue weighted by molar-refractivity contribution is 5.96. The van der Waals surface area contributed by atoms with E-state index in [0.29, 0.717) is 0 Å². The number of nitrogen functional groups attached to an aromatic ring is 1. The molecule has 1 spiro atoms. The van der Waals surface area contributed by atoms with Crippen LogP contribution in [0.25, 0.3) is 0 Å². The third kappa shape index (κ3) is 2.69. The van der Waals surface area contributed by atoms with Crippen LogP contribution in [0, 0.1) is 5.41 Å². The second kappa shape index (κ2) is 6.43. The minimum atomic E-state index is -0.138. The standard InChI is InChI=1S/C17H26N4O2/c1-3-23-13-11-12(17(13)7-5-4-6-8-17)21(2)16(22)14-15(18)20-10-9-19-14/h9-10,12-13H,3-8,11H2,1-2H3,(H2,18,20)/t12-,13+/m0/s1. The molecule has 2 fully saturated rings. The van der Waals surface area contributed by atoms with Gasteiger partial charge < -0.3 is 15.4 Å². The number of hydrogen-bond donors (Lipinski definition) is 1. The predicted octanol–water partition coefficient (Wildman–Crippen LogP) is 2.26. The lowest BCUT2D eigenvalue weighted by Gasteiger charge is -2.60. The number of hydrogen-bond acceptors (Lipinski definition) is 5. The molecule has 3 rings (SSSR count). The molecule has 1 amide bonds. The van der Waals surface area contributed by atoms with Gasteiger partial charge in [0.1, 0.15) is 0 Å². The zero-order valence-corrected chi connectivity index (χ0v) is 14.0. The molecule has 23 heavy (non-hydrogen) atoms. The number of carbonyl (C=O) groups excluding carboxylic acids is 1. The molecule has 1 heterocycles. The summed E-state index contributed by atoms with van der Waals surface area (Å²) in [6, 6.07) is 0.202.